The lowest BCUT2D eigenvalue weighted by molar-refractivity contribution is 0.156. The van der Waals surface area contributed by atoms with E-state index in [1.165, 1.54) is 0 Å². The van der Waals surface area contributed by atoms with Gasteiger partial charge in [0, 0.05) is 44.7 Å². The number of aliphatic imine (C=N–C) groups is 1. The molecule has 132 valence electrons. The first-order valence-electron chi connectivity index (χ1n) is 8.64. The highest BCUT2D eigenvalue weighted by Gasteiger charge is 2.42. The summed E-state index contributed by atoms with van der Waals surface area (Å²) in [6.45, 7) is 8.23. The maximum absolute atomic E-state index is 11.8. The normalized spacial score (nSPS) is 31.3. The summed E-state index contributed by atoms with van der Waals surface area (Å²) in [4.78, 5) is 6.97. The molecule has 8 heteroatoms. The molecular weight excluding hydrogens is 316 g/mol. The maximum Gasteiger partial charge on any atom is 0.214 e. The van der Waals surface area contributed by atoms with Crippen LogP contribution in [-0.2, 0) is 14.8 Å². The Morgan fingerprint density at radius 3 is 2.87 bits per heavy atom. The number of guanidine groups is 1. The molecule has 0 amide bonds. The van der Waals surface area contributed by atoms with Crippen LogP contribution in [-0.4, -0.2) is 81.8 Å². The summed E-state index contributed by atoms with van der Waals surface area (Å²) in [5.41, 5.74) is 0.300. The third kappa shape index (κ3) is 3.80. The minimum absolute atomic E-state index is 0.283. The number of nitrogens with zero attached hydrogens (tertiary/aromatic N) is 3. The van der Waals surface area contributed by atoms with Crippen molar-refractivity contribution in [3.8, 4) is 0 Å². The van der Waals surface area contributed by atoms with Crippen molar-refractivity contribution in [2.45, 2.75) is 26.2 Å². The lowest BCUT2D eigenvalue weighted by Gasteiger charge is -2.25. The third-order valence-electron chi connectivity index (χ3n) is 5.07. The zero-order valence-corrected chi connectivity index (χ0v) is 14.8. The minimum Gasteiger partial charge on any atom is -0.381 e. The molecule has 0 aromatic heterocycles. The Morgan fingerprint density at radius 2 is 2.22 bits per heavy atom. The van der Waals surface area contributed by atoms with E-state index in [9.17, 15) is 8.42 Å². The molecule has 1 N–H and O–H groups in total. The van der Waals surface area contributed by atoms with Gasteiger partial charge in [-0.15, -0.1) is 0 Å². The molecule has 3 saturated heterocycles. The predicted octanol–water partition coefficient (Wildman–Crippen LogP) is 0.0998. The molecular formula is C15H28N4O3S. The Morgan fingerprint density at radius 1 is 1.35 bits per heavy atom. The maximum atomic E-state index is 11.8. The molecule has 1 unspecified atom stereocenters. The van der Waals surface area contributed by atoms with E-state index in [-0.39, 0.29) is 5.75 Å². The number of sulfonamides is 1. The van der Waals surface area contributed by atoms with Crippen LogP contribution in [0.15, 0.2) is 4.99 Å². The van der Waals surface area contributed by atoms with Crippen molar-refractivity contribution in [2.75, 3.05) is 58.2 Å². The summed E-state index contributed by atoms with van der Waals surface area (Å²) < 4.78 is 30.8. The van der Waals surface area contributed by atoms with E-state index in [0.717, 1.165) is 58.1 Å². The Balaban J connectivity index is 1.58. The molecule has 0 aromatic rings. The topological polar surface area (TPSA) is 74.2 Å². The molecule has 3 fully saturated rings. The lowest BCUT2D eigenvalue weighted by atomic mass is 9.87. The molecule has 1 atom stereocenters. The molecule has 3 heterocycles. The van der Waals surface area contributed by atoms with Gasteiger partial charge in [0.25, 0.3) is 0 Å². The molecule has 0 aliphatic carbocycles. The molecule has 7 nitrogen and oxygen atoms in total. The monoisotopic (exact) mass is 344 g/mol. The third-order valence-corrected chi connectivity index (χ3v) is 7.03. The van der Waals surface area contributed by atoms with Crippen molar-refractivity contribution in [1.29, 1.82) is 0 Å². The van der Waals surface area contributed by atoms with Gasteiger partial charge in [0.05, 0.1) is 18.9 Å². The summed E-state index contributed by atoms with van der Waals surface area (Å²) in [6.07, 6.45) is 3.02. The van der Waals surface area contributed by atoms with E-state index in [1.807, 2.05) is 0 Å². The first-order chi connectivity index (χ1) is 11.0. The van der Waals surface area contributed by atoms with Gasteiger partial charge in [-0.05, 0) is 26.2 Å². The van der Waals surface area contributed by atoms with Crippen molar-refractivity contribution >= 4 is 16.0 Å². The standard InChI is InChI=1S/C15H28N4O3S/c1-2-16-14(17-6-9-19-7-3-11-23(19,20)21)18-8-4-15(12-18)5-10-22-13-15/h2-13H2,1H3,(H,16,17). The molecule has 1 spiro atoms. The Hall–Kier alpha value is -0.860. The molecule has 3 aliphatic rings. The summed E-state index contributed by atoms with van der Waals surface area (Å²) in [6, 6.07) is 0. The van der Waals surface area contributed by atoms with E-state index >= 15 is 0 Å². The van der Waals surface area contributed by atoms with Crippen molar-refractivity contribution in [1.82, 2.24) is 14.5 Å². The van der Waals surface area contributed by atoms with Crippen molar-refractivity contribution in [3.05, 3.63) is 0 Å². The van der Waals surface area contributed by atoms with Gasteiger partial charge in [-0.3, -0.25) is 4.99 Å². The molecule has 0 saturated carbocycles. The average Bonchev–Trinajstić information content (AvgIpc) is 3.22. The van der Waals surface area contributed by atoms with Crippen LogP contribution in [0.2, 0.25) is 0 Å². The number of hydrogen-bond donors (Lipinski definition) is 1. The largest absolute Gasteiger partial charge is 0.381 e. The summed E-state index contributed by atoms with van der Waals surface area (Å²) in [7, 11) is -3.02. The minimum atomic E-state index is -3.02. The van der Waals surface area contributed by atoms with Crippen LogP contribution in [0.3, 0.4) is 0 Å². The smallest absolute Gasteiger partial charge is 0.214 e. The van der Waals surface area contributed by atoms with Crippen LogP contribution in [0.25, 0.3) is 0 Å². The number of hydrogen-bond acceptors (Lipinski definition) is 4. The molecule has 3 aliphatic heterocycles. The summed E-state index contributed by atoms with van der Waals surface area (Å²) >= 11 is 0. The van der Waals surface area contributed by atoms with Crippen LogP contribution in [0.4, 0.5) is 0 Å². The molecule has 0 aromatic carbocycles. The Labute approximate surface area is 139 Å². The number of likely N-dealkylation sites (tertiary alicyclic amines) is 1. The quantitative estimate of drug-likeness (QED) is 0.578. The summed E-state index contributed by atoms with van der Waals surface area (Å²) in [5.74, 6) is 1.19. The second-order valence-corrected chi connectivity index (χ2v) is 8.87. The van der Waals surface area contributed by atoms with Crippen LogP contribution in [0, 0.1) is 5.41 Å². The van der Waals surface area contributed by atoms with Gasteiger partial charge in [-0.1, -0.05) is 0 Å². The van der Waals surface area contributed by atoms with Crippen LogP contribution < -0.4 is 5.32 Å². The van der Waals surface area contributed by atoms with Gasteiger partial charge in [-0.25, -0.2) is 12.7 Å². The molecule has 0 radical (unpaired) electrons. The van der Waals surface area contributed by atoms with Gasteiger partial charge in [-0.2, -0.15) is 0 Å². The van der Waals surface area contributed by atoms with Gasteiger partial charge in [0.15, 0.2) is 5.96 Å². The molecule has 23 heavy (non-hydrogen) atoms. The average molecular weight is 344 g/mol. The Kier molecular flexibility index (Phi) is 5.13. The van der Waals surface area contributed by atoms with E-state index in [1.54, 1.807) is 4.31 Å². The van der Waals surface area contributed by atoms with Gasteiger partial charge in [0.1, 0.15) is 0 Å². The van der Waals surface area contributed by atoms with E-state index in [4.69, 9.17) is 4.74 Å². The van der Waals surface area contributed by atoms with E-state index in [2.05, 4.69) is 22.1 Å². The van der Waals surface area contributed by atoms with Crippen molar-refractivity contribution in [3.63, 3.8) is 0 Å². The molecule has 3 rings (SSSR count). The zero-order valence-electron chi connectivity index (χ0n) is 14.0. The number of ether oxygens (including phenoxy) is 1. The Bertz CT molecular complexity index is 543. The highest BCUT2D eigenvalue weighted by molar-refractivity contribution is 7.89. The van der Waals surface area contributed by atoms with E-state index < -0.39 is 10.0 Å². The number of rotatable bonds is 4. The second-order valence-electron chi connectivity index (χ2n) is 6.78. The van der Waals surface area contributed by atoms with Crippen LogP contribution >= 0.6 is 0 Å². The lowest BCUT2D eigenvalue weighted by Crippen LogP contribution is -2.42. The highest BCUT2D eigenvalue weighted by Crippen LogP contribution is 2.38. The summed E-state index contributed by atoms with van der Waals surface area (Å²) in [5, 5.41) is 3.34. The fraction of sp³-hybridized carbons (Fsp3) is 0.933. The first-order valence-corrected chi connectivity index (χ1v) is 10.2. The van der Waals surface area contributed by atoms with Crippen molar-refractivity contribution in [2.24, 2.45) is 10.4 Å². The fourth-order valence-corrected chi connectivity index (χ4v) is 5.24. The molecule has 0 bridgehead atoms. The van der Waals surface area contributed by atoms with E-state index in [0.29, 0.717) is 25.0 Å². The predicted molar refractivity (Wildman–Crippen MR) is 90.0 cm³/mol. The number of nitrogens with one attached hydrogen (secondary N) is 1. The van der Waals surface area contributed by atoms with Gasteiger partial charge < -0.3 is 15.0 Å². The van der Waals surface area contributed by atoms with Gasteiger partial charge >= 0.3 is 0 Å². The highest BCUT2D eigenvalue weighted by atomic mass is 32.2. The van der Waals surface area contributed by atoms with Gasteiger partial charge in [0.2, 0.25) is 10.0 Å². The van der Waals surface area contributed by atoms with Crippen LogP contribution in [0.1, 0.15) is 26.2 Å². The second kappa shape index (κ2) is 6.94. The zero-order chi connectivity index (χ0) is 16.3. The SMILES string of the molecule is CCNC(=NCCN1CCCS1(=O)=O)N1CCC2(CCOC2)C1. The first kappa shape index (κ1) is 17.0. The fourth-order valence-electron chi connectivity index (χ4n) is 3.72. The van der Waals surface area contributed by atoms with Crippen LogP contribution in [0.5, 0.6) is 0 Å². The van der Waals surface area contributed by atoms with Crippen molar-refractivity contribution < 1.29 is 13.2 Å².